The van der Waals surface area contributed by atoms with Gasteiger partial charge in [0.1, 0.15) is 0 Å². The minimum Gasteiger partial charge on any atom is -0.412 e. The number of hydrogen-bond donors (Lipinski definition) is 2. The lowest BCUT2D eigenvalue weighted by atomic mass is 10.2. The van der Waals surface area contributed by atoms with E-state index >= 15 is 0 Å². The van der Waals surface area contributed by atoms with Crippen molar-refractivity contribution in [2.24, 2.45) is 0 Å². The molecule has 0 fully saturated rings. The van der Waals surface area contributed by atoms with Crippen molar-refractivity contribution >= 4 is 0 Å². The summed E-state index contributed by atoms with van der Waals surface area (Å²) in [5, 5.41) is 14.6. The normalized spacial score (nSPS) is 6.54. The monoisotopic (exact) mass is 188 g/mol. The number of rotatable bonds is 0. The summed E-state index contributed by atoms with van der Waals surface area (Å²) < 4.78 is 0. The molecule has 0 aliphatic heterocycles. The van der Waals surface area contributed by atoms with Gasteiger partial charge in [-0.05, 0) is 13.8 Å². The summed E-state index contributed by atoms with van der Waals surface area (Å²) >= 11 is 0. The van der Waals surface area contributed by atoms with Crippen LogP contribution in [0, 0.1) is 6.92 Å². The number of benzene rings is 1. The zero-order valence-electron chi connectivity index (χ0n) is 8.49. The second-order valence-electron chi connectivity index (χ2n) is 1.97. The Bertz CT molecular complexity index is 152. The molecule has 0 saturated heterocycles. The second-order valence-corrected chi connectivity index (χ2v) is 1.97. The lowest BCUT2D eigenvalue weighted by Crippen LogP contribution is -1.62. The standard InChI is InChI=1S/C7H8.C2H6O.CH4O.H2O/c1-7-5-3-2-4-6-7;1-2-3;1-2;/h2-6H,1H3;3H,2H2,1H3;2H,1H3;1H2. The van der Waals surface area contributed by atoms with Gasteiger partial charge < -0.3 is 15.7 Å². The molecular formula is C10H20O3. The molecule has 0 atom stereocenters. The van der Waals surface area contributed by atoms with Crippen LogP contribution in [-0.4, -0.2) is 29.4 Å². The van der Waals surface area contributed by atoms with Gasteiger partial charge in [0.2, 0.25) is 0 Å². The summed E-state index contributed by atoms with van der Waals surface area (Å²) in [6.45, 7) is 4.01. The van der Waals surface area contributed by atoms with Crippen LogP contribution in [0.15, 0.2) is 30.3 Å². The summed E-state index contributed by atoms with van der Waals surface area (Å²) in [7, 11) is 1.00. The molecule has 0 amide bonds. The van der Waals surface area contributed by atoms with Crippen LogP contribution < -0.4 is 0 Å². The van der Waals surface area contributed by atoms with Crippen LogP contribution in [0.4, 0.5) is 0 Å². The van der Waals surface area contributed by atoms with Crippen LogP contribution in [0.5, 0.6) is 0 Å². The highest BCUT2D eigenvalue weighted by atomic mass is 16.2. The minimum absolute atomic E-state index is 0. The summed E-state index contributed by atoms with van der Waals surface area (Å²) in [6.07, 6.45) is 0. The molecule has 3 nitrogen and oxygen atoms in total. The van der Waals surface area contributed by atoms with Gasteiger partial charge in [0, 0.05) is 13.7 Å². The van der Waals surface area contributed by atoms with E-state index in [-0.39, 0.29) is 12.1 Å². The summed E-state index contributed by atoms with van der Waals surface area (Å²) in [6, 6.07) is 10.3. The van der Waals surface area contributed by atoms with Gasteiger partial charge in [0.05, 0.1) is 0 Å². The highest BCUT2D eigenvalue weighted by Crippen LogP contribution is 1.92. The van der Waals surface area contributed by atoms with Crippen LogP contribution in [0.25, 0.3) is 0 Å². The fourth-order valence-corrected chi connectivity index (χ4v) is 0.534. The van der Waals surface area contributed by atoms with Gasteiger partial charge in [0.15, 0.2) is 0 Å². The number of aliphatic hydroxyl groups excluding tert-OH is 2. The first-order valence-corrected chi connectivity index (χ1v) is 3.88. The SMILES string of the molecule is CCO.CO.Cc1ccccc1.O. The van der Waals surface area contributed by atoms with E-state index in [4.69, 9.17) is 10.2 Å². The van der Waals surface area contributed by atoms with Crippen molar-refractivity contribution in [2.45, 2.75) is 13.8 Å². The molecule has 0 saturated carbocycles. The fourth-order valence-electron chi connectivity index (χ4n) is 0.534. The van der Waals surface area contributed by atoms with Crippen molar-refractivity contribution in [1.82, 2.24) is 0 Å². The average Bonchev–Trinajstić information content (AvgIpc) is 2.11. The fraction of sp³-hybridized carbons (Fsp3) is 0.400. The molecule has 0 unspecified atom stereocenters. The molecule has 0 radical (unpaired) electrons. The van der Waals surface area contributed by atoms with Crippen molar-refractivity contribution < 1.29 is 15.7 Å². The van der Waals surface area contributed by atoms with Crippen LogP contribution in [-0.2, 0) is 0 Å². The first-order valence-electron chi connectivity index (χ1n) is 3.88. The molecule has 1 rings (SSSR count). The molecule has 0 heterocycles. The zero-order valence-corrected chi connectivity index (χ0v) is 8.49. The van der Waals surface area contributed by atoms with Crippen molar-refractivity contribution in [1.29, 1.82) is 0 Å². The van der Waals surface area contributed by atoms with Crippen LogP contribution in [0.1, 0.15) is 12.5 Å². The Kier molecular flexibility index (Phi) is 23.9. The molecule has 1 aromatic rings. The lowest BCUT2D eigenvalue weighted by molar-refractivity contribution is 0.318. The average molecular weight is 188 g/mol. The lowest BCUT2D eigenvalue weighted by Gasteiger charge is -1.82. The summed E-state index contributed by atoms with van der Waals surface area (Å²) in [5.74, 6) is 0. The van der Waals surface area contributed by atoms with E-state index in [2.05, 4.69) is 19.1 Å². The molecule has 13 heavy (non-hydrogen) atoms. The minimum atomic E-state index is 0. The van der Waals surface area contributed by atoms with Gasteiger partial charge in [-0.2, -0.15) is 0 Å². The highest BCUT2D eigenvalue weighted by molar-refractivity contribution is 5.11. The van der Waals surface area contributed by atoms with Crippen molar-refractivity contribution in [3.05, 3.63) is 35.9 Å². The Labute approximate surface area is 80.0 Å². The maximum atomic E-state index is 7.57. The Morgan fingerprint density at radius 2 is 1.38 bits per heavy atom. The van der Waals surface area contributed by atoms with Crippen LogP contribution in [0.2, 0.25) is 0 Å². The van der Waals surface area contributed by atoms with E-state index in [1.54, 1.807) is 6.92 Å². The number of aryl methyl sites for hydroxylation is 1. The van der Waals surface area contributed by atoms with Gasteiger partial charge in [-0.15, -0.1) is 0 Å². The number of hydrogen-bond acceptors (Lipinski definition) is 2. The molecular weight excluding hydrogens is 168 g/mol. The van der Waals surface area contributed by atoms with E-state index < -0.39 is 0 Å². The van der Waals surface area contributed by atoms with Gasteiger partial charge in [0.25, 0.3) is 0 Å². The Balaban J connectivity index is -0.000000146. The van der Waals surface area contributed by atoms with E-state index in [1.165, 1.54) is 5.56 Å². The smallest absolute Gasteiger partial charge is 0.0402 e. The predicted molar refractivity (Wildman–Crippen MR) is 55.7 cm³/mol. The molecule has 4 N–H and O–H groups in total. The third kappa shape index (κ3) is 18.2. The Morgan fingerprint density at radius 3 is 1.54 bits per heavy atom. The molecule has 78 valence electrons. The van der Waals surface area contributed by atoms with E-state index in [9.17, 15) is 0 Å². The molecule has 0 aromatic heterocycles. The van der Waals surface area contributed by atoms with Crippen LogP contribution in [0.3, 0.4) is 0 Å². The van der Waals surface area contributed by atoms with E-state index in [1.807, 2.05) is 18.2 Å². The molecule has 1 aromatic carbocycles. The topological polar surface area (TPSA) is 72.0 Å². The van der Waals surface area contributed by atoms with Gasteiger partial charge in [-0.25, -0.2) is 0 Å². The largest absolute Gasteiger partial charge is 0.412 e. The molecule has 0 spiro atoms. The third-order valence-corrected chi connectivity index (χ3v) is 0.940. The van der Waals surface area contributed by atoms with Crippen LogP contribution >= 0.6 is 0 Å². The van der Waals surface area contributed by atoms with Gasteiger partial charge >= 0.3 is 0 Å². The maximum absolute atomic E-state index is 7.57. The third-order valence-electron chi connectivity index (χ3n) is 0.940. The molecule has 0 aliphatic rings. The quantitative estimate of drug-likeness (QED) is 0.631. The molecule has 0 bridgehead atoms. The molecule has 3 heteroatoms. The predicted octanol–water partition coefficient (Wildman–Crippen LogP) is 0.777. The Hall–Kier alpha value is -0.900. The van der Waals surface area contributed by atoms with Gasteiger partial charge in [-0.3, -0.25) is 0 Å². The first-order chi connectivity index (χ1) is 5.81. The van der Waals surface area contributed by atoms with Gasteiger partial charge in [-0.1, -0.05) is 35.9 Å². The zero-order chi connectivity index (χ0) is 9.82. The Morgan fingerprint density at radius 1 is 1.08 bits per heavy atom. The number of aliphatic hydroxyl groups is 2. The highest BCUT2D eigenvalue weighted by Gasteiger charge is 1.72. The second kappa shape index (κ2) is 17.3. The van der Waals surface area contributed by atoms with Crippen molar-refractivity contribution in [2.75, 3.05) is 13.7 Å². The summed E-state index contributed by atoms with van der Waals surface area (Å²) in [5.41, 5.74) is 1.32. The molecule has 0 aliphatic carbocycles. The summed E-state index contributed by atoms with van der Waals surface area (Å²) in [4.78, 5) is 0. The first kappa shape index (κ1) is 18.0. The maximum Gasteiger partial charge on any atom is 0.0402 e. The van der Waals surface area contributed by atoms with E-state index in [0.29, 0.717) is 0 Å². The van der Waals surface area contributed by atoms with Crippen molar-refractivity contribution in [3.8, 4) is 0 Å². The van der Waals surface area contributed by atoms with E-state index in [0.717, 1.165) is 7.11 Å². The van der Waals surface area contributed by atoms with Crippen molar-refractivity contribution in [3.63, 3.8) is 0 Å².